The van der Waals surface area contributed by atoms with Crippen molar-refractivity contribution in [2.75, 3.05) is 25.0 Å². The lowest BCUT2D eigenvalue weighted by Crippen LogP contribution is -2.47. The van der Waals surface area contributed by atoms with Gasteiger partial charge in [0.1, 0.15) is 4.70 Å². The molecule has 1 aromatic heterocycles. The number of nitro groups is 1. The number of nitrogens with one attached hydrogen (secondary N) is 1. The van der Waals surface area contributed by atoms with Crippen LogP contribution in [0, 0.1) is 16.0 Å². The molecule has 2 aliphatic heterocycles. The van der Waals surface area contributed by atoms with Crippen molar-refractivity contribution in [2.24, 2.45) is 5.92 Å². The van der Waals surface area contributed by atoms with E-state index >= 15 is 0 Å². The molecule has 0 spiro atoms. The van der Waals surface area contributed by atoms with Crippen molar-refractivity contribution in [3.05, 3.63) is 56.7 Å². The van der Waals surface area contributed by atoms with Crippen LogP contribution < -0.4 is 10.7 Å². The van der Waals surface area contributed by atoms with Gasteiger partial charge in [-0.15, -0.1) is 11.3 Å². The molecule has 0 unspecified atom stereocenters. The number of anilines is 1. The fourth-order valence-electron chi connectivity index (χ4n) is 5.68. The zero-order chi connectivity index (χ0) is 22.1. The molecule has 5 rings (SSSR count). The highest BCUT2D eigenvalue weighted by molar-refractivity contribution is 7.25. The highest BCUT2D eigenvalue weighted by Crippen LogP contribution is 2.36. The smallest absolute Gasteiger partial charge is 0.287 e. The topological polar surface area (TPSA) is 75.5 Å². The van der Waals surface area contributed by atoms with Crippen LogP contribution in [-0.2, 0) is 0 Å². The molecule has 2 saturated heterocycles. The largest absolute Gasteiger partial charge is 0.384 e. The summed E-state index contributed by atoms with van der Waals surface area (Å²) in [5.41, 5.74) is 0.573. The van der Waals surface area contributed by atoms with Crippen LogP contribution in [0.25, 0.3) is 20.2 Å². The molecule has 3 aromatic rings. The molecule has 1 N–H and O–H groups in total. The van der Waals surface area contributed by atoms with E-state index in [-0.39, 0.29) is 11.1 Å². The van der Waals surface area contributed by atoms with Crippen LogP contribution in [0.3, 0.4) is 0 Å². The van der Waals surface area contributed by atoms with Crippen molar-refractivity contribution < 1.29 is 4.92 Å². The molecular formula is C25H29N3O3S. The number of non-ortho nitro benzene ring substituents is 1. The summed E-state index contributed by atoms with van der Waals surface area (Å²) >= 11 is 1.32. The Balaban J connectivity index is 1.36. The van der Waals surface area contributed by atoms with E-state index in [4.69, 9.17) is 0 Å². The number of piperidine rings is 2. The summed E-state index contributed by atoms with van der Waals surface area (Å²) in [6, 6.07) is 11.3. The third-order valence-corrected chi connectivity index (χ3v) is 8.39. The first-order valence-corrected chi connectivity index (χ1v) is 12.6. The van der Waals surface area contributed by atoms with Gasteiger partial charge in [-0.2, -0.15) is 0 Å². The van der Waals surface area contributed by atoms with Crippen molar-refractivity contribution >= 4 is 42.9 Å². The molecule has 6 nitrogen and oxygen atoms in total. The third kappa shape index (κ3) is 3.99. The van der Waals surface area contributed by atoms with Crippen molar-refractivity contribution in [1.82, 2.24) is 4.90 Å². The number of nitro benzene ring substituents is 1. The van der Waals surface area contributed by atoms with Gasteiger partial charge in [0.05, 0.1) is 10.3 Å². The van der Waals surface area contributed by atoms with E-state index in [1.54, 1.807) is 12.1 Å². The SMILES string of the molecule is O=c1c2ccccc2sc2c([N+](=O)[O-])ccc(NCCC[C@@H]3CCCN4CCCC[C@H]34)c12. The van der Waals surface area contributed by atoms with Crippen LogP contribution in [0.2, 0.25) is 0 Å². The van der Waals surface area contributed by atoms with Crippen LogP contribution >= 0.6 is 11.3 Å². The Labute approximate surface area is 191 Å². The molecule has 168 valence electrons. The fourth-order valence-corrected chi connectivity index (χ4v) is 6.87. The first-order valence-electron chi connectivity index (χ1n) is 11.7. The predicted octanol–water partition coefficient (Wildman–Crippen LogP) is 5.78. The molecule has 32 heavy (non-hydrogen) atoms. The lowest BCUT2D eigenvalue weighted by Gasteiger charge is -2.44. The molecule has 2 atom stereocenters. The quantitative estimate of drug-likeness (QED) is 0.223. The van der Waals surface area contributed by atoms with Crippen molar-refractivity contribution in [3.63, 3.8) is 0 Å². The van der Waals surface area contributed by atoms with E-state index in [1.165, 1.54) is 69.0 Å². The number of nitrogens with zero attached hydrogens (tertiary/aromatic N) is 2. The summed E-state index contributed by atoms with van der Waals surface area (Å²) in [5.74, 6) is 0.765. The number of fused-ring (bicyclic) bond motifs is 3. The maximum Gasteiger partial charge on any atom is 0.287 e. The van der Waals surface area contributed by atoms with Gasteiger partial charge in [-0.3, -0.25) is 14.9 Å². The first-order chi connectivity index (χ1) is 15.6. The van der Waals surface area contributed by atoms with Gasteiger partial charge in [-0.25, -0.2) is 0 Å². The molecule has 2 aromatic carbocycles. The molecule has 2 fully saturated rings. The Hall–Kier alpha value is -2.51. The Morgan fingerprint density at radius 2 is 1.94 bits per heavy atom. The molecule has 0 saturated carbocycles. The zero-order valence-electron chi connectivity index (χ0n) is 18.2. The third-order valence-electron chi connectivity index (χ3n) is 7.20. The molecule has 0 amide bonds. The van der Waals surface area contributed by atoms with Crippen LogP contribution in [0.15, 0.2) is 41.2 Å². The molecule has 3 heterocycles. The van der Waals surface area contributed by atoms with E-state index in [2.05, 4.69) is 10.2 Å². The normalized spacial score (nSPS) is 21.5. The second-order valence-corrected chi connectivity index (χ2v) is 10.1. The minimum atomic E-state index is -0.393. The predicted molar refractivity (Wildman–Crippen MR) is 132 cm³/mol. The van der Waals surface area contributed by atoms with Gasteiger partial charge in [-0.05, 0) is 75.7 Å². The summed E-state index contributed by atoms with van der Waals surface area (Å²) in [6.45, 7) is 3.29. The summed E-state index contributed by atoms with van der Waals surface area (Å²) in [6.07, 6.45) is 8.87. The Bertz CT molecular complexity index is 1210. The fraction of sp³-hybridized carbons (Fsp3) is 0.480. The Morgan fingerprint density at radius 3 is 2.81 bits per heavy atom. The van der Waals surface area contributed by atoms with Crippen LogP contribution in [-0.4, -0.2) is 35.5 Å². The molecule has 2 aliphatic rings. The first kappa shape index (κ1) is 21.3. The summed E-state index contributed by atoms with van der Waals surface area (Å²) in [7, 11) is 0. The second-order valence-electron chi connectivity index (χ2n) is 9.09. The van der Waals surface area contributed by atoms with Crippen LogP contribution in [0.4, 0.5) is 11.4 Å². The average Bonchev–Trinajstić information content (AvgIpc) is 2.81. The molecule has 0 bridgehead atoms. The maximum atomic E-state index is 13.3. The van der Waals surface area contributed by atoms with Gasteiger partial charge in [0.15, 0.2) is 5.43 Å². The summed E-state index contributed by atoms with van der Waals surface area (Å²) < 4.78 is 1.23. The highest BCUT2D eigenvalue weighted by Gasteiger charge is 2.32. The zero-order valence-corrected chi connectivity index (χ0v) is 19.0. The van der Waals surface area contributed by atoms with Crippen LogP contribution in [0.5, 0.6) is 0 Å². The minimum absolute atomic E-state index is 0.00185. The standard InChI is InChI=1S/C25H29N3O3S/c29-24-18-9-1-2-11-22(18)32-25-21(28(30)31)13-12-19(23(24)25)26-14-5-7-17-8-6-16-27-15-4-3-10-20(17)27/h1-2,9,11-13,17,20,26H,3-8,10,14-16H2/t17-,20-/m1/s1. The second kappa shape index (κ2) is 9.16. The van der Waals surface area contributed by atoms with Gasteiger partial charge < -0.3 is 10.2 Å². The molecule has 0 aliphatic carbocycles. The monoisotopic (exact) mass is 451 g/mol. The van der Waals surface area contributed by atoms with E-state index in [0.29, 0.717) is 21.2 Å². The Morgan fingerprint density at radius 1 is 1.09 bits per heavy atom. The minimum Gasteiger partial charge on any atom is -0.384 e. The van der Waals surface area contributed by atoms with E-state index < -0.39 is 4.92 Å². The van der Waals surface area contributed by atoms with Crippen molar-refractivity contribution in [1.29, 1.82) is 0 Å². The van der Waals surface area contributed by atoms with Gasteiger partial charge >= 0.3 is 0 Å². The molecule has 7 heteroatoms. The van der Waals surface area contributed by atoms with Crippen molar-refractivity contribution in [3.8, 4) is 0 Å². The van der Waals surface area contributed by atoms with Gasteiger partial charge in [0, 0.05) is 34.4 Å². The number of hydrogen-bond donors (Lipinski definition) is 1. The number of rotatable bonds is 6. The molecular weight excluding hydrogens is 422 g/mol. The average molecular weight is 452 g/mol. The van der Waals surface area contributed by atoms with E-state index in [9.17, 15) is 14.9 Å². The maximum absolute atomic E-state index is 13.3. The summed E-state index contributed by atoms with van der Waals surface area (Å²) in [4.78, 5) is 27.2. The van der Waals surface area contributed by atoms with Gasteiger partial charge in [0.25, 0.3) is 5.69 Å². The van der Waals surface area contributed by atoms with Gasteiger partial charge in [0.2, 0.25) is 0 Å². The number of benzene rings is 2. The van der Waals surface area contributed by atoms with Crippen LogP contribution in [0.1, 0.15) is 44.9 Å². The van der Waals surface area contributed by atoms with E-state index in [0.717, 1.165) is 29.6 Å². The van der Waals surface area contributed by atoms with E-state index in [1.807, 2.05) is 18.2 Å². The summed E-state index contributed by atoms with van der Waals surface area (Å²) in [5, 5.41) is 16.1. The highest BCUT2D eigenvalue weighted by atomic mass is 32.1. The molecule has 0 radical (unpaired) electrons. The lowest BCUT2D eigenvalue weighted by atomic mass is 9.81. The van der Waals surface area contributed by atoms with Crippen molar-refractivity contribution in [2.45, 2.75) is 51.0 Å². The Kier molecular flexibility index (Phi) is 6.11. The van der Waals surface area contributed by atoms with Gasteiger partial charge in [-0.1, -0.05) is 18.6 Å². The number of hydrogen-bond acceptors (Lipinski definition) is 6. The lowest BCUT2D eigenvalue weighted by molar-refractivity contribution is -0.382.